The first-order valence-electron chi connectivity index (χ1n) is 10.9. The number of nitrogens with one attached hydrogen (secondary N) is 4. The molecule has 0 spiro atoms. The van der Waals surface area contributed by atoms with Gasteiger partial charge >= 0.3 is 6.18 Å². The highest BCUT2D eigenvalue weighted by atomic mass is 32.1. The molecule has 0 saturated carbocycles. The van der Waals surface area contributed by atoms with Crippen LogP contribution in [0.1, 0.15) is 51.2 Å². The summed E-state index contributed by atoms with van der Waals surface area (Å²) in [6.45, 7) is 5.79. The van der Waals surface area contributed by atoms with Gasteiger partial charge in [0, 0.05) is 18.2 Å². The van der Waals surface area contributed by atoms with Crippen LogP contribution in [0.15, 0.2) is 48.5 Å². The van der Waals surface area contributed by atoms with E-state index < -0.39 is 24.2 Å². The van der Waals surface area contributed by atoms with Crippen LogP contribution in [0.3, 0.4) is 0 Å². The summed E-state index contributed by atoms with van der Waals surface area (Å²) in [5.41, 5.74) is 9.30. The van der Waals surface area contributed by atoms with Gasteiger partial charge in [-0.05, 0) is 67.4 Å². The molecular weight excluding hydrogens is 477 g/mol. The summed E-state index contributed by atoms with van der Waals surface area (Å²) >= 11 is 5.17. The van der Waals surface area contributed by atoms with Crippen molar-refractivity contribution in [3.63, 3.8) is 0 Å². The summed E-state index contributed by atoms with van der Waals surface area (Å²) in [7, 11) is 0. The number of carbonyl (C=O) groups excluding carboxylic acids is 1. The Hall–Kier alpha value is -3.60. The lowest BCUT2D eigenvalue weighted by Gasteiger charge is -2.33. The van der Waals surface area contributed by atoms with Crippen LogP contribution in [-0.2, 0) is 0 Å². The van der Waals surface area contributed by atoms with Gasteiger partial charge in [0.05, 0.1) is 6.04 Å². The molecule has 4 N–H and O–H groups in total. The molecule has 7 nitrogen and oxygen atoms in total. The van der Waals surface area contributed by atoms with Crippen LogP contribution in [0, 0.1) is 20.8 Å². The van der Waals surface area contributed by atoms with Gasteiger partial charge in [0.1, 0.15) is 5.82 Å². The summed E-state index contributed by atoms with van der Waals surface area (Å²) in [5, 5.41) is 10.1. The van der Waals surface area contributed by atoms with Crippen molar-refractivity contribution in [1.82, 2.24) is 20.6 Å². The van der Waals surface area contributed by atoms with Gasteiger partial charge in [0.25, 0.3) is 5.91 Å². The lowest BCUT2D eigenvalue weighted by molar-refractivity contribution is -0.173. The number of amides is 1. The molecule has 3 aromatic rings. The molecule has 4 rings (SSSR count). The topological polar surface area (TPSA) is 83.0 Å². The third-order valence-electron chi connectivity index (χ3n) is 5.92. The van der Waals surface area contributed by atoms with E-state index in [1.807, 2.05) is 57.2 Å². The SMILES string of the molecule is Cc1cccc(NC(=S)NNC(=O)c2cc3n(n2)C(C(F)(F)F)CC(c2ccc(C)c(C)c2)N3)c1. The smallest absolute Gasteiger partial charge is 0.363 e. The molecular formula is C24H25F3N6OS. The van der Waals surface area contributed by atoms with Gasteiger partial charge in [-0.1, -0.05) is 30.3 Å². The van der Waals surface area contributed by atoms with Crippen molar-refractivity contribution in [2.45, 2.75) is 45.5 Å². The average molecular weight is 503 g/mol. The first kappa shape index (κ1) is 24.5. The van der Waals surface area contributed by atoms with Crippen LogP contribution in [-0.4, -0.2) is 27.0 Å². The molecule has 0 bridgehead atoms. The molecule has 0 radical (unpaired) electrons. The summed E-state index contributed by atoms with van der Waals surface area (Å²) in [6, 6.07) is 11.9. The standard InChI is InChI=1S/C24H25F3N6OS/c1-13-5-4-6-17(9-13)28-23(35)31-30-22(34)19-12-21-29-18(16-8-7-14(2)15(3)10-16)11-20(24(25,26)27)33(21)32-19/h4-10,12,18,20,29H,11H2,1-3H3,(H,30,34)(H2,28,31,35). The maximum Gasteiger partial charge on any atom is 0.410 e. The molecule has 1 aliphatic rings. The van der Waals surface area contributed by atoms with Crippen LogP contribution in [0.5, 0.6) is 0 Å². The Labute approximate surface area is 206 Å². The minimum atomic E-state index is -4.54. The third-order valence-corrected chi connectivity index (χ3v) is 6.13. The number of anilines is 2. The zero-order valence-corrected chi connectivity index (χ0v) is 20.1. The van der Waals surface area contributed by atoms with Crippen molar-refractivity contribution in [2.75, 3.05) is 10.6 Å². The predicted molar refractivity (Wildman–Crippen MR) is 132 cm³/mol. The van der Waals surface area contributed by atoms with Crippen LogP contribution >= 0.6 is 12.2 Å². The number of alkyl halides is 3. The fourth-order valence-corrected chi connectivity index (χ4v) is 4.12. The minimum absolute atomic E-state index is 0.118. The van der Waals surface area contributed by atoms with Crippen LogP contribution in [0.4, 0.5) is 24.7 Å². The number of aromatic nitrogens is 2. The fraction of sp³-hybridized carbons (Fsp3) is 0.292. The van der Waals surface area contributed by atoms with Gasteiger partial charge in [-0.2, -0.15) is 18.3 Å². The van der Waals surface area contributed by atoms with E-state index in [4.69, 9.17) is 12.2 Å². The van der Waals surface area contributed by atoms with Gasteiger partial charge in [0.15, 0.2) is 16.8 Å². The number of hydrazine groups is 1. The quantitative estimate of drug-likeness (QED) is 0.295. The molecule has 11 heteroatoms. The van der Waals surface area contributed by atoms with E-state index in [1.54, 1.807) is 6.07 Å². The zero-order valence-electron chi connectivity index (χ0n) is 19.3. The second-order valence-corrected chi connectivity index (χ2v) is 9.00. The zero-order chi connectivity index (χ0) is 25.3. The maximum atomic E-state index is 13.9. The van der Waals surface area contributed by atoms with Crippen molar-refractivity contribution < 1.29 is 18.0 Å². The highest BCUT2D eigenvalue weighted by Gasteiger charge is 2.46. The summed E-state index contributed by atoms with van der Waals surface area (Å²) < 4.78 is 42.6. The molecule has 35 heavy (non-hydrogen) atoms. The first-order valence-corrected chi connectivity index (χ1v) is 11.4. The number of carbonyl (C=O) groups is 1. The molecule has 1 aliphatic heterocycles. The average Bonchev–Trinajstić information content (AvgIpc) is 3.22. The lowest BCUT2D eigenvalue weighted by atomic mass is 9.94. The molecule has 0 saturated heterocycles. The maximum absolute atomic E-state index is 13.9. The highest BCUT2D eigenvalue weighted by Crippen LogP contribution is 2.43. The predicted octanol–water partition coefficient (Wildman–Crippen LogP) is 5.10. The lowest BCUT2D eigenvalue weighted by Crippen LogP contribution is -2.44. The Morgan fingerprint density at radius 2 is 1.86 bits per heavy atom. The molecule has 184 valence electrons. The number of rotatable bonds is 3. The Kier molecular flexibility index (Phi) is 6.70. The van der Waals surface area contributed by atoms with E-state index in [0.717, 1.165) is 32.6 Å². The second kappa shape index (κ2) is 9.57. The molecule has 2 aromatic carbocycles. The molecule has 0 fully saturated rings. The Balaban J connectivity index is 1.49. The molecule has 2 atom stereocenters. The van der Waals surface area contributed by atoms with Crippen LogP contribution in [0.25, 0.3) is 0 Å². The molecule has 1 amide bonds. The van der Waals surface area contributed by atoms with Gasteiger partial charge in [0.2, 0.25) is 0 Å². The second-order valence-electron chi connectivity index (χ2n) is 8.60. The van der Waals surface area contributed by atoms with Crippen molar-refractivity contribution in [2.24, 2.45) is 0 Å². The van der Waals surface area contributed by atoms with E-state index >= 15 is 0 Å². The molecule has 2 heterocycles. The fourth-order valence-electron chi connectivity index (χ4n) is 3.95. The number of fused-ring (bicyclic) bond motifs is 1. The van der Waals surface area contributed by atoms with E-state index in [9.17, 15) is 18.0 Å². The van der Waals surface area contributed by atoms with E-state index in [1.165, 1.54) is 6.07 Å². The highest BCUT2D eigenvalue weighted by molar-refractivity contribution is 7.80. The van der Waals surface area contributed by atoms with Crippen LogP contribution in [0.2, 0.25) is 0 Å². The van der Waals surface area contributed by atoms with Crippen molar-refractivity contribution in [3.05, 3.63) is 76.5 Å². The number of nitrogens with zero attached hydrogens (tertiary/aromatic N) is 2. The molecule has 1 aromatic heterocycles. The number of hydrogen-bond donors (Lipinski definition) is 4. The Morgan fingerprint density at radius 3 is 2.54 bits per heavy atom. The molecule has 2 unspecified atom stereocenters. The number of benzene rings is 2. The number of thiocarbonyl (C=S) groups is 1. The van der Waals surface area contributed by atoms with Crippen molar-refractivity contribution >= 4 is 34.7 Å². The first-order chi connectivity index (χ1) is 16.5. The monoisotopic (exact) mass is 502 g/mol. The van der Waals surface area contributed by atoms with E-state index in [2.05, 4.69) is 26.6 Å². The van der Waals surface area contributed by atoms with Gasteiger partial charge in [-0.15, -0.1) is 0 Å². The number of aryl methyl sites for hydroxylation is 3. The van der Waals surface area contributed by atoms with Gasteiger partial charge in [-0.3, -0.25) is 15.6 Å². The van der Waals surface area contributed by atoms with E-state index in [0.29, 0.717) is 0 Å². The minimum Gasteiger partial charge on any atom is -0.363 e. The summed E-state index contributed by atoms with van der Waals surface area (Å²) in [4.78, 5) is 12.6. The Bertz CT molecular complexity index is 1270. The number of hydrogen-bond acceptors (Lipinski definition) is 4. The summed E-state index contributed by atoms with van der Waals surface area (Å²) in [5.74, 6) is -0.599. The summed E-state index contributed by atoms with van der Waals surface area (Å²) in [6.07, 6.45) is -4.78. The van der Waals surface area contributed by atoms with Crippen molar-refractivity contribution in [3.8, 4) is 0 Å². The van der Waals surface area contributed by atoms with Gasteiger partial charge in [-0.25, -0.2) is 4.68 Å². The normalized spacial score (nSPS) is 17.2. The largest absolute Gasteiger partial charge is 0.410 e. The number of halogens is 3. The third kappa shape index (κ3) is 5.56. The van der Waals surface area contributed by atoms with Crippen LogP contribution < -0.4 is 21.5 Å². The van der Waals surface area contributed by atoms with Gasteiger partial charge < -0.3 is 10.6 Å². The van der Waals surface area contributed by atoms with Crippen molar-refractivity contribution in [1.29, 1.82) is 0 Å². The Morgan fingerprint density at radius 1 is 1.09 bits per heavy atom. The van der Waals surface area contributed by atoms with E-state index in [-0.39, 0.29) is 23.0 Å². The molecule has 0 aliphatic carbocycles.